The number of piperidine rings is 2. The zero-order valence-electron chi connectivity index (χ0n) is 17.7. The van der Waals surface area contributed by atoms with Gasteiger partial charge in [0.05, 0.1) is 11.6 Å². The first kappa shape index (κ1) is 19.7. The van der Waals surface area contributed by atoms with E-state index in [1.807, 2.05) is 31.4 Å². The van der Waals surface area contributed by atoms with Crippen LogP contribution in [0.1, 0.15) is 37.2 Å². The third kappa shape index (κ3) is 3.81. The van der Waals surface area contributed by atoms with Gasteiger partial charge in [0.25, 0.3) is 0 Å². The van der Waals surface area contributed by atoms with Crippen LogP contribution in [0.3, 0.4) is 0 Å². The van der Waals surface area contributed by atoms with Crippen molar-refractivity contribution in [1.29, 1.82) is 0 Å². The summed E-state index contributed by atoms with van der Waals surface area (Å²) in [4.78, 5) is 25.7. The number of nitrogens with one attached hydrogen (secondary N) is 1. The van der Waals surface area contributed by atoms with E-state index in [9.17, 15) is 4.79 Å². The van der Waals surface area contributed by atoms with E-state index in [-0.39, 0.29) is 17.9 Å². The van der Waals surface area contributed by atoms with Crippen molar-refractivity contribution in [2.75, 3.05) is 36.9 Å². The van der Waals surface area contributed by atoms with Gasteiger partial charge in [0, 0.05) is 57.4 Å². The third-order valence-corrected chi connectivity index (χ3v) is 6.30. The number of hydrogen-bond donors (Lipinski definition) is 2. The predicted octanol–water partition coefficient (Wildman–Crippen LogP) is 2.13. The number of carbonyl (C=O) groups is 1. The van der Waals surface area contributed by atoms with Gasteiger partial charge in [-0.2, -0.15) is 0 Å². The lowest BCUT2D eigenvalue weighted by molar-refractivity contribution is -0.134. The average molecular weight is 421 g/mol. The number of pyridine rings is 1. The zero-order valence-corrected chi connectivity index (χ0v) is 17.7. The van der Waals surface area contributed by atoms with E-state index in [4.69, 9.17) is 10.8 Å². The van der Waals surface area contributed by atoms with Crippen molar-refractivity contribution in [3.8, 4) is 0 Å². The number of fused-ring (bicyclic) bond motifs is 1. The fourth-order valence-electron chi connectivity index (χ4n) is 4.50. The van der Waals surface area contributed by atoms with Crippen LogP contribution in [-0.2, 0) is 4.79 Å². The maximum absolute atomic E-state index is 12.6. The molecule has 2 aliphatic rings. The van der Waals surface area contributed by atoms with Crippen LogP contribution >= 0.6 is 0 Å². The second-order valence-electron chi connectivity index (χ2n) is 8.45. The molecule has 2 atom stereocenters. The number of aromatic nitrogens is 4. The first-order chi connectivity index (χ1) is 15.1. The minimum Gasteiger partial charge on any atom is -0.355 e. The van der Waals surface area contributed by atoms with E-state index in [0.29, 0.717) is 12.4 Å². The molecular weight excluding hydrogens is 392 g/mol. The number of rotatable bonds is 4. The maximum Gasteiger partial charge on any atom is 0.231 e. The normalized spacial score (nSPS) is 22.2. The monoisotopic (exact) mass is 420 g/mol. The van der Waals surface area contributed by atoms with E-state index in [2.05, 4.69) is 20.2 Å². The molecule has 5 rings (SSSR count). The van der Waals surface area contributed by atoms with E-state index in [1.54, 1.807) is 21.8 Å². The standard InChI is InChI=1S/C22H28N8O/c1-28-11-7-16(23)20(22(28)31)15-5-6-18(25-14-15)26-17-13-19(29-9-3-2-4-10-29)27-30-12-8-24-21(17)30/h5-6,8,12-14,16,20H,2-4,7,9-11,23H2,1H3,(H,25,26)/t16?,20-/m0/s1. The smallest absolute Gasteiger partial charge is 0.231 e. The summed E-state index contributed by atoms with van der Waals surface area (Å²) in [6, 6.07) is 5.69. The highest BCUT2D eigenvalue weighted by atomic mass is 16.2. The molecule has 0 spiro atoms. The van der Waals surface area contributed by atoms with Crippen molar-refractivity contribution < 1.29 is 4.79 Å². The van der Waals surface area contributed by atoms with Crippen LogP contribution < -0.4 is 16.0 Å². The molecule has 162 valence electrons. The van der Waals surface area contributed by atoms with Crippen LogP contribution in [0.5, 0.6) is 0 Å². The lowest BCUT2D eigenvalue weighted by Crippen LogP contribution is -2.48. The molecule has 1 unspecified atom stereocenters. The number of anilines is 3. The SMILES string of the molecule is CN1CCC(N)[C@H](c2ccc(Nc3cc(N4CCCCC4)nn4ccnc34)nc2)C1=O. The van der Waals surface area contributed by atoms with Crippen LogP contribution in [0.4, 0.5) is 17.3 Å². The molecule has 2 saturated heterocycles. The molecular formula is C22H28N8O. The summed E-state index contributed by atoms with van der Waals surface area (Å²) >= 11 is 0. The molecule has 0 aromatic carbocycles. The quantitative estimate of drug-likeness (QED) is 0.666. The van der Waals surface area contributed by atoms with E-state index >= 15 is 0 Å². The predicted molar refractivity (Wildman–Crippen MR) is 120 cm³/mol. The second kappa shape index (κ2) is 8.14. The minimum atomic E-state index is -0.342. The molecule has 3 N–H and O–H groups in total. The summed E-state index contributed by atoms with van der Waals surface area (Å²) < 4.78 is 1.80. The van der Waals surface area contributed by atoms with Crippen molar-refractivity contribution in [3.63, 3.8) is 0 Å². The molecule has 9 nitrogen and oxygen atoms in total. The lowest BCUT2D eigenvalue weighted by Gasteiger charge is -2.34. The zero-order chi connectivity index (χ0) is 21.4. The van der Waals surface area contributed by atoms with Crippen molar-refractivity contribution in [3.05, 3.63) is 42.4 Å². The van der Waals surface area contributed by atoms with Gasteiger partial charge >= 0.3 is 0 Å². The highest BCUT2D eigenvalue weighted by Crippen LogP contribution is 2.29. The Bertz CT molecular complexity index is 1070. The van der Waals surface area contributed by atoms with Crippen molar-refractivity contribution in [2.45, 2.75) is 37.6 Å². The van der Waals surface area contributed by atoms with E-state index in [0.717, 1.165) is 42.2 Å². The number of hydrogen-bond acceptors (Lipinski definition) is 7. The highest BCUT2D eigenvalue weighted by Gasteiger charge is 2.34. The van der Waals surface area contributed by atoms with Gasteiger partial charge in [0.2, 0.25) is 5.91 Å². The van der Waals surface area contributed by atoms with Gasteiger partial charge in [-0.1, -0.05) is 6.07 Å². The van der Waals surface area contributed by atoms with Crippen LogP contribution in [0.25, 0.3) is 5.65 Å². The highest BCUT2D eigenvalue weighted by molar-refractivity contribution is 5.85. The van der Waals surface area contributed by atoms with Crippen molar-refractivity contribution in [2.24, 2.45) is 5.73 Å². The molecule has 3 aromatic rings. The molecule has 5 heterocycles. The van der Waals surface area contributed by atoms with Crippen molar-refractivity contribution >= 4 is 28.9 Å². The Labute approximate surface area is 181 Å². The Hall–Kier alpha value is -3.20. The first-order valence-corrected chi connectivity index (χ1v) is 10.9. The third-order valence-electron chi connectivity index (χ3n) is 6.30. The van der Waals surface area contributed by atoms with Gasteiger partial charge in [0.1, 0.15) is 5.82 Å². The minimum absolute atomic E-state index is 0.0562. The first-order valence-electron chi connectivity index (χ1n) is 10.9. The van der Waals surface area contributed by atoms with E-state index in [1.165, 1.54) is 19.3 Å². The van der Waals surface area contributed by atoms with Crippen LogP contribution in [0.2, 0.25) is 0 Å². The Morgan fingerprint density at radius 2 is 1.97 bits per heavy atom. The Kier molecular flexibility index (Phi) is 5.19. The summed E-state index contributed by atoms with van der Waals surface area (Å²) in [5, 5.41) is 8.11. The topological polar surface area (TPSA) is 105 Å². The fraction of sp³-hybridized carbons (Fsp3) is 0.455. The molecule has 0 radical (unpaired) electrons. The lowest BCUT2D eigenvalue weighted by atomic mass is 9.87. The number of likely N-dealkylation sites (N-methyl/N-ethyl adjacent to an activating group) is 1. The summed E-state index contributed by atoms with van der Waals surface area (Å²) in [7, 11) is 1.82. The molecule has 0 bridgehead atoms. The Morgan fingerprint density at radius 3 is 2.74 bits per heavy atom. The number of nitrogens with two attached hydrogens (primary N) is 1. The van der Waals surface area contributed by atoms with Gasteiger partial charge in [-0.25, -0.2) is 14.5 Å². The molecule has 31 heavy (non-hydrogen) atoms. The second-order valence-corrected chi connectivity index (χ2v) is 8.45. The Balaban J connectivity index is 1.41. The molecule has 2 fully saturated rings. The summed E-state index contributed by atoms with van der Waals surface area (Å²) in [5.41, 5.74) is 8.70. The molecule has 1 amide bonds. The van der Waals surface area contributed by atoms with Crippen LogP contribution in [0, 0.1) is 0 Å². The number of nitrogens with zero attached hydrogens (tertiary/aromatic N) is 6. The Morgan fingerprint density at radius 1 is 1.13 bits per heavy atom. The summed E-state index contributed by atoms with van der Waals surface area (Å²) in [6.07, 6.45) is 9.79. The van der Waals surface area contributed by atoms with Gasteiger partial charge in [0.15, 0.2) is 11.5 Å². The average Bonchev–Trinajstić information content (AvgIpc) is 3.27. The summed E-state index contributed by atoms with van der Waals surface area (Å²) in [6.45, 7) is 2.73. The van der Waals surface area contributed by atoms with E-state index < -0.39 is 0 Å². The van der Waals surface area contributed by atoms with Crippen LogP contribution in [0.15, 0.2) is 36.8 Å². The molecule has 9 heteroatoms. The van der Waals surface area contributed by atoms with Gasteiger partial charge in [-0.05, 0) is 37.3 Å². The largest absolute Gasteiger partial charge is 0.355 e. The van der Waals surface area contributed by atoms with Crippen molar-refractivity contribution in [1.82, 2.24) is 24.5 Å². The number of imidazole rings is 1. The van der Waals surface area contributed by atoms with Gasteiger partial charge < -0.3 is 20.9 Å². The fourth-order valence-corrected chi connectivity index (χ4v) is 4.50. The van der Waals surface area contributed by atoms with Crippen LogP contribution in [-0.4, -0.2) is 63.1 Å². The number of amides is 1. The number of carbonyl (C=O) groups excluding carboxylic acids is 1. The molecule has 2 aliphatic heterocycles. The summed E-state index contributed by atoms with van der Waals surface area (Å²) in [5.74, 6) is 1.34. The number of likely N-dealkylation sites (tertiary alicyclic amines) is 1. The van der Waals surface area contributed by atoms with Gasteiger partial charge in [-0.15, -0.1) is 5.10 Å². The molecule has 3 aromatic heterocycles. The maximum atomic E-state index is 12.6. The molecule has 0 aliphatic carbocycles. The van der Waals surface area contributed by atoms with Gasteiger partial charge in [-0.3, -0.25) is 4.79 Å². The molecule has 0 saturated carbocycles.